The minimum Gasteiger partial charge on any atom is -0.465 e. The zero-order valence-corrected chi connectivity index (χ0v) is 12.3. The van der Waals surface area contributed by atoms with Gasteiger partial charge in [-0.2, -0.15) is 0 Å². The maximum absolute atomic E-state index is 11.5. The quantitative estimate of drug-likeness (QED) is 0.581. The molecule has 1 heterocycles. The van der Waals surface area contributed by atoms with Gasteiger partial charge >= 0.3 is 6.09 Å². The highest BCUT2D eigenvalue weighted by Gasteiger charge is 2.42. The first-order valence-electron chi connectivity index (χ1n) is 7.89. The molecule has 2 amide bonds. The molecule has 0 radical (unpaired) electrons. The minimum atomic E-state index is -0.977. The van der Waals surface area contributed by atoms with Crippen LogP contribution in [-0.2, 0) is 4.79 Å². The lowest BCUT2D eigenvalue weighted by atomic mass is 9.86. The van der Waals surface area contributed by atoms with Crippen LogP contribution in [0, 0.1) is 5.92 Å². The van der Waals surface area contributed by atoms with Crippen LogP contribution >= 0.6 is 0 Å². The van der Waals surface area contributed by atoms with E-state index in [2.05, 4.69) is 5.32 Å². The van der Waals surface area contributed by atoms with Crippen molar-refractivity contribution in [2.24, 2.45) is 5.92 Å². The van der Waals surface area contributed by atoms with Crippen LogP contribution in [0.25, 0.3) is 0 Å². The van der Waals surface area contributed by atoms with Gasteiger partial charge in [-0.3, -0.25) is 9.69 Å². The fourth-order valence-electron chi connectivity index (χ4n) is 3.48. The van der Waals surface area contributed by atoms with Crippen molar-refractivity contribution < 1.29 is 14.7 Å². The third kappa shape index (κ3) is 3.64. The van der Waals surface area contributed by atoms with Crippen molar-refractivity contribution in [3.63, 3.8) is 0 Å². The SMILES string of the molecule is C[C@@H]1NC(=O)[C@@H]1N(CCCCC1CCCCC1)C(=O)O. The Balaban J connectivity index is 1.70. The van der Waals surface area contributed by atoms with Gasteiger partial charge in [0, 0.05) is 6.54 Å². The van der Waals surface area contributed by atoms with Crippen molar-refractivity contribution in [2.75, 3.05) is 6.54 Å². The molecular weight excluding hydrogens is 256 g/mol. The van der Waals surface area contributed by atoms with Gasteiger partial charge in [-0.25, -0.2) is 4.79 Å². The van der Waals surface area contributed by atoms with Crippen molar-refractivity contribution in [1.29, 1.82) is 0 Å². The van der Waals surface area contributed by atoms with Crippen LogP contribution in [0.4, 0.5) is 4.79 Å². The van der Waals surface area contributed by atoms with Crippen molar-refractivity contribution in [1.82, 2.24) is 10.2 Å². The number of carboxylic acid groups (broad SMARTS) is 1. The van der Waals surface area contributed by atoms with Crippen LogP contribution in [0.2, 0.25) is 0 Å². The molecule has 5 nitrogen and oxygen atoms in total. The Kier molecular flexibility index (Phi) is 5.26. The average Bonchev–Trinajstić information content (AvgIpc) is 2.43. The second-order valence-corrected chi connectivity index (χ2v) is 6.22. The topological polar surface area (TPSA) is 69.6 Å². The van der Waals surface area contributed by atoms with Gasteiger partial charge in [0.15, 0.2) is 0 Å². The molecule has 2 N–H and O–H groups in total. The number of carbonyl (C=O) groups excluding carboxylic acids is 1. The molecule has 0 aromatic carbocycles. The van der Waals surface area contributed by atoms with E-state index in [0.717, 1.165) is 18.8 Å². The molecule has 2 rings (SSSR count). The van der Waals surface area contributed by atoms with Crippen LogP contribution in [-0.4, -0.2) is 40.6 Å². The summed E-state index contributed by atoms with van der Waals surface area (Å²) in [6.45, 7) is 2.33. The molecule has 20 heavy (non-hydrogen) atoms. The van der Waals surface area contributed by atoms with Crippen LogP contribution < -0.4 is 5.32 Å². The lowest BCUT2D eigenvalue weighted by molar-refractivity contribution is -0.135. The van der Waals surface area contributed by atoms with Gasteiger partial charge in [0.2, 0.25) is 5.91 Å². The van der Waals surface area contributed by atoms with E-state index in [1.54, 1.807) is 0 Å². The Labute approximate surface area is 120 Å². The van der Waals surface area contributed by atoms with E-state index in [1.807, 2.05) is 6.92 Å². The third-order valence-electron chi connectivity index (χ3n) is 4.68. The Bertz CT molecular complexity index is 353. The minimum absolute atomic E-state index is 0.0584. The summed E-state index contributed by atoms with van der Waals surface area (Å²) in [7, 11) is 0. The summed E-state index contributed by atoms with van der Waals surface area (Å²) in [6.07, 6.45) is 8.91. The zero-order valence-electron chi connectivity index (χ0n) is 12.3. The van der Waals surface area contributed by atoms with Crippen molar-refractivity contribution >= 4 is 12.0 Å². The molecule has 1 saturated carbocycles. The Morgan fingerprint density at radius 1 is 1.30 bits per heavy atom. The highest BCUT2D eigenvalue weighted by atomic mass is 16.4. The first kappa shape index (κ1) is 15.1. The summed E-state index contributed by atoms with van der Waals surface area (Å²) in [4.78, 5) is 24.0. The summed E-state index contributed by atoms with van der Waals surface area (Å²) in [5.41, 5.74) is 0. The predicted molar refractivity (Wildman–Crippen MR) is 76.5 cm³/mol. The Morgan fingerprint density at radius 3 is 2.55 bits per heavy atom. The standard InChI is InChI=1S/C15H26N2O3/c1-11-13(14(18)16-11)17(15(19)20)10-6-5-9-12-7-3-2-4-8-12/h11-13H,2-10H2,1H3,(H,16,18)(H,19,20)/t11-,13+/m0/s1. The van der Waals surface area contributed by atoms with Crippen LogP contribution in [0.1, 0.15) is 58.3 Å². The van der Waals surface area contributed by atoms with Gasteiger partial charge in [-0.15, -0.1) is 0 Å². The molecule has 0 spiro atoms. The molecule has 114 valence electrons. The van der Waals surface area contributed by atoms with Gasteiger partial charge < -0.3 is 10.4 Å². The maximum atomic E-state index is 11.5. The highest BCUT2D eigenvalue weighted by Crippen LogP contribution is 2.27. The number of carbonyl (C=O) groups is 2. The predicted octanol–water partition coefficient (Wildman–Crippen LogP) is 2.60. The number of unbranched alkanes of at least 4 members (excludes halogenated alkanes) is 1. The first-order valence-corrected chi connectivity index (χ1v) is 7.89. The molecule has 0 unspecified atom stereocenters. The number of nitrogens with one attached hydrogen (secondary N) is 1. The Morgan fingerprint density at radius 2 is 2.00 bits per heavy atom. The van der Waals surface area contributed by atoms with Crippen LogP contribution in [0.15, 0.2) is 0 Å². The number of hydrogen-bond acceptors (Lipinski definition) is 2. The molecule has 0 aromatic rings. The molecule has 0 bridgehead atoms. The summed E-state index contributed by atoms with van der Waals surface area (Å²) < 4.78 is 0. The molecule has 2 aliphatic rings. The van der Waals surface area contributed by atoms with E-state index in [9.17, 15) is 14.7 Å². The lowest BCUT2D eigenvalue weighted by Gasteiger charge is -2.40. The van der Waals surface area contributed by atoms with E-state index in [1.165, 1.54) is 43.4 Å². The molecule has 2 fully saturated rings. The number of nitrogens with zero attached hydrogens (tertiary/aromatic N) is 1. The highest BCUT2D eigenvalue weighted by molar-refractivity contribution is 5.91. The van der Waals surface area contributed by atoms with Crippen molar-refractivity contribution in [2.45, 2.75) is 70.4 Å². The fourth-order valence-corrected chi connectivity index (χ4v) is 3.48. The number of hydrogen-bond donors (Lipinski definition) is 2. The molecule has 5 heteroatoms. The van der Waals surface area contributed by atoms with Gasteiger partial charge in [0.25, 0.3) is 0 Å². The molecule has 1 aliphatic heterocycles. The van der Waals surface area contributed by atoms with Gasteiger partial charge in [-0.1, -0.05) is 44.9 Å². The van der Waals surface area contributed by atoms with Gasteiger partial charge in [0.05, 0.1) is 6.04 Å². The zero-order chi connectivity index (χ0) is 14.5. The van der Waals surface area contributed by atoms with Crippen molar-refractivity contribution in [3.05, 3.63) is 0 Å². The number of rotatable bonds is 6. The summed E-state index contributed by atoms with van der Waals surface area (Å²) >= 11 is 0. The average molecular weight is 282 g/mol. The van der Waals surface area contributed by atoms with E-state index in [-0.39, 0.29) is 11.9 Å². The van der Waals surface area contributed by atoms with E-state index in [0.29, 0.717) is 6.54 Å². The van der Waals surface area contributed by atoms with E-state index < -0.39 is 12.1 Å². The van der Waals surface area contributed by atoms with Crippen molar-refractivity contribution in [3.8, 4) is 0 Å². The summed E-state index contributed by atoms with van der Waals surface area (Å²) in [5.74, 6) is 0.681. The van der Waals surface area contributed by atoms with E-state index >= 15 is 0 Å². The second-order valence-electron chi connectivity index (χ2n) is 6.22. The number of amides is 2. The summed E-state index contributed by atoms with van der Waals surface area (Å²) in [6, 6.07) is -0.542. The smallest absolute Gasteiger partial charge is 0.408 e. The summed E-state index contributed by atoms with van der Waals surface area (Å²) in [5, 5.41) is 11.9. The monoisotopic (exact) mass is 282 g/mol. The molecular formula is C15H26N2O3. The molecule has 2 atom stereocenters. The maximum Gasteiger partial charge on any atom is 0.408 e. The third-order valence-corrected chi connectivity index (χ3v) is 4.68. The van der Waals surface area contributed by atoms with E-state index in [4.69, 9.17) is 0 Å². The second kappa shape index (κ2) is 6.95. The molecule has 0 aromatic heterocycles. The Hall–Kier alpha value is -1.26. The molecule has 1 aliphatic carbocycles. The van der Waals surface area contributed by atoms with Gasteiger partial charge in [-0.05, 0) is 19.3 Å². The largest absolute Gasteiger partial charge is 0.465 e. The van der Waals surface area contributed by atoms with Gasteiger partial charge in [0.1, 0.15) is 6.04 Å². The fraction of sp³-hybridized carbons (Fsp3) is 0.867. The first-order chi connectivity index (χ1) is 9.59. The molecule has 1 saturated heterocycles. The van der Waals surface area contributed by atoms with Crippen LogP contribution in [0.3, 0.4) is 0 Å². The normalized spacial score (nSPS) is 26.8. The number of β-lactam (4-membered cyclic amide) rings is 1. The van der Waals surface area contributed by atoms with Crippen LogP contribution in [0.5, 0.6) is 0 Å². The lowest BCUT2D eigenvalue weighted by Crippen LogP contribution is -2.68.